The normalized spacial score (nSPS) is 11.8. The van der Waals surface area contributed by atoms with Gasteiger partial charge in [0.2, 0.25) is 0 Å². The number of hydrogen-bond acceptors (Lipinski definition) is 3. The zero-order chi connectivity index (χ0) is 18.0. The van der Waals surface area contributed by atoms with Crippen LogP contribution in [0.4, 0.5) is 0 Å². The zero-order valence-electron chi connectivity index (χ0n) is 15.6. The molecule has 1 amide bonds. The first-order valence-corrected chi connectivity index (χ1v) is 10.0. The molecule has 0 unspecified atom stereocenters. The van der Waals surface area contributed by atoms with Crippen LogP contribution in [0, 0.1) is 0 Å². The third-order valence-electron chi connectivity index (χ3n) is 3.60. The number of amides is 1. The minimum absolute atomic E-state index is 0.00930. The fourth-order valence-corrected chi connectivity index (χ4v) is 3.39. The second-order valence-corrected chi connectivity index (χ2v) is 8.01. The van der Waals surface area contributed by atoms with E-state index in [-0.39, 0.29) is 17.2 Å². The van der Waals surface area contributed by atoms with Crippen LogP contribution in [-0.4, -0.2) is 41.1 Å². The van der Waals surface area contributed by atoms with Crippen molar-refractivity contribution < 1.29 is 14.3 Å². The van der Waals surface area contributed by atoms with Crippen molar-refractivity contribution in [3.05, 3.63) is 35.4 Å². The Bertz CT molecular complexity index is 476. The van der Waals surface area contributed by atoms with E-state index in [4.69, 9.17) is 9.47 Å². The standard InChI is InChI=1S/C19H31NO3Si/c1-6-22-18(23-7-2)24-14-8-13-20-17(21)15-9-11-16(12-10-15)19(3,4)5/h9-12,18H,6-8,13-14H2,1-5H3,(H,20,21). The summed E-state index contributed by atoms with van der Waals surface area (Å²) >= 11 is 0. The highest BCUT2D eigenvalue weighted by atomic mass is 28.2. The third kappa shape index (κ3) is 7.60. The summed E-state index contributed by atoms with van der Waals surface area (Å²) in [4.78, 5) is 12.1. The quantitative estimate of drug-likeness (QED) is 0.399. The van der Waals surface area contributed by atoms with Crippen molar-refractivity contribution >= 4 is 15.4 Å². The van der Waals surface area contributed by atoms with Gasteiger partial charge in [-0.25, -0.2) is 0 Å². The summed E-state index contributed by atoms with van der Waals surface area (Å²) in [7, 11) is 0.603. The highest BCUT2D eigenvalue weighted by Crippen LogP contribution is 2.22. The molecule has 0 atom stereocenters. The first-order chi connectivity index (χ1) is 11.4. The van der Waals surface area contributed by atoms with Crippen molar-refractivity contribution in [3.8, 4) is 0 Å². The number of nitrogens with one attached hydrogen (secondary N) is 1. The summed E-state index contributed by atoms with van der Waals surface area (Å²) < 4.78 is 11.0. The number of rotatable bonds is 10. The molecule has 1 N–H and O–H groups in total. The second kappa shape index (κ2) is 10.6. The monoisotopic (exact) mass is 349 g/mol. The molecule has 0 bridgehead atoms. The summed E-state index contributed by atoms with van der Waals surface area (Å²) in [6.07, 6.45) is 0.931. The molecule has 1 rings (SSSR count). The van der Waals surface area contributed by atoms with E-state index in [9.17, 15) is 4.79 Å². The first kappa shape index (κ1) is 20.9. The maximum atomic E-state index is 12.1. The summed E-state index contributed by atoms with van der Waals surface area (Å²) in [6.45, 7) is 12.5. The van der Waals surface area contributed by atoms with Crippen LogP contribution in [0.15, 0.2) is 24.3 Å². The van der Waals surface area contributed by atoms with E-state index in [1.54, 1.807) is 0 Å². The Morgan fingerprint density at radius 1 is 1.12 bits per heavy atom. The van der Waals surface area contributed by atoms with Gasteiger partial charge in [-0.1, -0.05) is 38.9 Å². The highest BCUT2D eigenvalue weighted by molar-refractivity contribution is 6.36. The number of carbonyl (C=O) groups is 1. The fraction of sp³-hybridized carbons (Fsp3) is 0.632. The number of carbonyl (C=O) groups excluding carboxylic acids is 1. The molecule has 0 saturated heterocycles. The van der Waals surface area contributed by atoms with Crippen LogP contribution in [0.2, 0.25) is 6.04 Å². The van der Waals surface area contributed by atoms with E-state index >= 15 is 0 Å². The van der Waals surface area contributed by atoms with Gasteiger partial charge in [0, 0.05) is 25.3 Å². The van der Waals surface area contributed by atoms with Crippen LogP contribution >= 0.6 is 0 Å². The van der Waals surface area contributed by atoms with Crippen LogP contribution < -0.4 is 5.32 Å². The van der Waals surface area contributed by atoms with E-state index in [2.05, 4.69) is 26.1 Å². The molecule has 1 aromatic rings. The Morgan fingerprint density at radius 2 is 1.71 bits per heavy atom. The molecule has 1 aromatic carbocycles. The van der Waals surface area contributed by atoms with E-state index in [1.807, 2.05) is 38.1 Å². The van der Waals surface area contributed by atoms with Crippen LogP contribution in [0.3, 0.4) is 0 Å². The molecule has 5 heteroatoms. The molecule has 0 saturated carbocycles. The lowest BCUT2D eigenvalue weighted by Gasteiger charge is -2.19. The molecule has 4 nitrogen and oxygen atoms in total. The third-order valence-corrected chi connectivity index (χ3v) is 4.91. The van der Waals surface area contributed by atoms with Gasteiger partial charge in [-0.15, -0.1) is 0 Å². The van der Waals surface area contributed by atoms with E-state index in [0.717, 1.165) is 12.5 Å². The number of benzene rings is 1. The van der Waals surface area contributed by atoms with E-state index < -0.39 is 0 Å². The number of ether oxygens (including phenoxy) is 2. The molecular formula is C19H31NO3Si. The van der Waals surface area contributed by atoms with Crippen molar-refractivity contribution in [1.29, 1.82) is 0 Å². The number of hydrogen-bond donors (Lipinski definition) is 1. The van der Waals surface area contributed by atoms with Crippen LogP contribution in [0.5, 0.6) is 0 Å². The van der Waals surface area contributed by atoms with Gasteiger partial charge >= 0.3 is 0 Å². The fourth-order valence-electron chi connectivity index (χ4n) is 2.20. The Labute approximate surface area is 149 Å². The van der Waals surface area contributed by atoms with Gasteiger partial charge in [-0.2, -0.15) is 0 Å². The van der Waals surface area contributed by atoms with Crippen LogP contribution in [0.25, 0.3) is 0 Å². The topological polar surface area (TPSA) is 47.6 Å². The van der Waals surface area contributed by atoms with Crippen molar-refractivity contribution in [1.82, 2.24) is 5.32 Å². The Morgan fingerprint density at radius 3 is 2.21 bits per heavy atom. The smallest absolute Gasteiger partial charge is 0.251 e. The van der Waals surface area contributed by atoms with E-state index in [1.165, 1.54) is 5.56 Å². The largest absolute Gasteiger partial charge is 0.357 e. The maximum absolute atomic E-state index is 12.1. The predicted molar refractivity (Wildman–Crippen MR) is 99.7 cm³/mol. The van der Waals surface area contributed by atoms with Gasteiger partial charge < -0.3 is 14.8 Å². The summed E-state index contributed by atoms with van der Waals surface area (Å²) in [5.74, 6) is -0.106. The lowest BCUT2D eigenvalue weighted by molar-refractivity contribution is -0.0827. The lowest BCUT2D eigenvalue weighted by Crippen LogP contribution is -2.27. The average Bonchev–Trinajstić information content (AvgIpc) is 2.54. The SMILES string of the molecule is CCOC(OCC)[Si]CCCNC(=O)c1ccc(C(C)(C)C)cc1. The molecule has 24 heavy (non-hydrogen) atoms. The molecule has 0 aliphatic heterocycles. The van der Waals surface area contributed by atoms with Gasteiger partial charge in [-0.05, 0) is 43.4 Å². The molecule has 0 spiro atoms. The van der Waals surface area contributed by atoms with Crippen molar-refractivity contribution in [2.24, 2.45) is 0 Å². The van der Waals surface area contributed by atoms with Crippen molar-refractivity contribution in [2.75, 3.05) is 19.8 Å². The van der Waals surface area contributed by atoms with Gasteiger partial charge in [0.1, 0.15) is 15.4 Å². The van der Waals surface area contributed by atoms with Crippen LogP contribution in [-0.2, 0) is 14.9 Å². The lowest BCUT2D eigenvalue weighted by atomic mass is 9.87. The van der Waals surface area contributed by atoms with Gasteiger partial charge in [-0.3, -0.25) is 4.79 Å². The van der Waals surface area contributed by atoms with Crippen LogP contribution in [0.1, 0.15) is 57.0 Å². The molecule has 0 fully saturated rings. The van der Waals surface area contributed by atoms with Crippen molar-refractivity contribution in [3.63, 3.8) is 0 Å². The molecule has 0 heterocycles. The van der Waals surface area contributed by atoms with E-state index in [0.29, 0.717) is 34.8 Å². The Hall–Kier alpha value is -1.17. The first-order valence-electron chi connectivity index (χ1n) is 8.73. The molecule has 0 aliphatic carbocycles. The highest BCUT2D eigenvalue weighted by Gasteiger charge is 2.14. The molecule has 0 aliphatic rings. The minimum Gasteiger partial charge on any atom is -0.357 e. The zero-order valence-corrected chi connectivity index (χ0v) is 16.6. The maximum Gasteiger partial charge on any atom is 0.251 e. The summed E-state index contributed by atoms with van der Waals surface area (Å²) in [5, 5.41) is 2.98. The average molecular weight is 350 g/mol. The summed E-state index contributed by atoms with van der Waals surface area (Å²) in [5.41, 5.74) is 2.05. The van der Waals surface area contributed by atoms with Gasteiger partial charge in [0.05, 0.1) is 0 Å². The predicted octanol–water partition coefficient (Wildman–Crippen LogP) is 3.58. The Kier molecular flexibility index (Phi) is 9.25. The molecular weight excluding hydrogens is 318 g/mol. The molecule has 2 radical (unpaired) electrons. The Balaban J connectivity index is 2.31. The van der Waals surface area contributed by atoms with Gasteiger partial charge in [0.25, 0.3) is 5.91 Å². The summed E-state index contributed by atoms with van der Waals surface area (Å²) in [6, 6.07) is 8.86. The molecule has 134 valence electrons. The second-order valence-electron chi connectivity index (χ2n) is 6.63. The van der Waals surface area contributed by atoms with Crippen molar-refractivity contribution in [2.45, 2.75) is 58.4 Å². The van der Waals surface area contributed by atoms with Gasteiger partial charge in [0.15, 0.2) is 0 Å². The minimum atomic E-state index is -0.0966. The molecule has 0 aromatic heterocycles.